The molecule has 18 heavy (non-hydrogen) atoms. The SMILES string of the molecule is CCC(COC)Nc1ccc(N)cc1C(F)(F)F. The van der Waals surface area contributed by atoms with Crippen LogP contribution in [0.1, 0.15) is 18.9 Å². The van der Waals surface area contributed by atoms with E-state index in [2.05, 4.69) is 5.32 Å². The van der Waals surface area contributed by atoms with Gasteiger partial charge in [0.15, 0.2) is 0 Å². The number of hydrogen-bond acceptors (Lipinski definition) is 3. The monoisotopic (exact) mass is 262 g/mol. The van der Waals surface area contributed by atoms with Crippen LogP contribution in [-0.4, -0.2) is 19.8 Å². The van der Waals surface area contributed by atoms with Crippen LogP contribution in [0, 0.1) is 0 Å². The highest BCUT2D eigenvalue weighted by molar-refractivity contribution is 5.59. The predicted octanol–water partition coefficient (Wildman–Crippen LogP) is 3.12. The van der Waals surface area contributed by atoms with Gasteiger partial charge in [-0.15, -0.1) is 0 Å². The van der Waals surface area contributed by atoms with Crippen molar-refractivity contribution in [2.45, 2.75) is 25.6 Å². The maximum absolute atomic E-state index is 12.8. The molecule has 0 aliphatic heterocycles. The molecule has 0 aliphatic carbocycles. The molecule has 1 atom stereocenters. The van der Waals surface area contributed by atoms with E-state index in [1.165, 1.54) is 19.2 Å². The lowest BCUT2D eigenvalue weighted by molar-refractivity contribution is -0.136. The summed E-state index contributed by atoms with van der Waals surface area (Å²) in [5, 5.41) is 2.83. The first-order valence-electron chi connectivity index (χ1n) is 5.60. The van der Waals surface area contributed by atoms with Crippen LogP contribution in [0.2, 0.25) is 0 Å². The average Bonchev–Trinajstić information content (AvgIpc) is 2.29. The third-order valence-electron chi connectivity index (χ3n) is 2.57. The second-order valence-corrected chi connectivity index (χ2v) is 4.01. The van der Waals surface area contributed by atoms with Gasteiger partial charge in [-0.25, -0.2) is 0 Å². The number of methoxy groups -OCH3 is 1. The Morgan fingerprint density at radius 2 is 2.06 bits per heavy atom. The number of ether oxygens (including phenoxy) is 1. The molecule has 0 fully saturated rings. The van der Waals surface area contributed by atoms with E-state index in [9.17, 15) is 13.2 Å². The standard InChI is InChI=1S/C12H17F3N2O/c1-3-9(7-18-2)17-11-5-4-8(16)6-10(11)12(13,14)15/h4-6,9,17H,3,7,16H2,1-2H3. The van der Waals surface area contributed by atoms with Crippen LogP contribution in [-0.2, 0) is 10.9 Å². The van der Waals surface area contributed by atoms with E-state index in [4.69, 9.17) is 10.5 Å². The number of nitrogens with two attached hydrogens (primary N) is 1. The van der Waals surface area contributed by atoms with Crippen molar-refractivity contribution in [3.8, 4) is 0 Å². The second-order valence-electron chi connectivity index (χ2n) is 4.01. The molecule has 0 aromatic heterocycles. The summed E-state index contributed by atoms with van der Waals surface area (Å²) < 4.78 is 43.5. The first-order valence-corrected chi connectivity index (χ1v) is 5.60. The summed E-state index contributed by atoms with van der Waals surface area (Å²) in [4.78, 5) is 0. The Labute approximate surface area is 104 Å². The Balaban J connectivity index is 3.01. The zero-order valence-electron chi connectivity index (χ0n) is 10.3. The molecule has 3 N–H and O–H groups in total. The third kappa shape index (κ3) is 3.80. The molecule has 0 saturated heterocycles. The largest absolute Gasteiger partial charge is 0.418 e. The van der Waals surface area contributed by atoms with Crippen molar-refractivity contribution in [1.29, 1.82) is 0 Å². The smallest absolute Gasteiger partial charge is 0.399 e. The van der Waals surface area contributed by atoms with Crippen molar-refractivity contribution in [1.82, 2.24) is 0 Å². The number of hydrogen-bond donors (Lipinski definition) is 2. The normalized spacial score (nSPS) is 13.4. The van der Waals surface area contributed by atoms with Gasteiger partial charge >= 0.3 is 6.18 Å². The highest BCUT2D eigenvalue weighted by atomic mass is 19.4. The van der Waals surface area contributed by atoms with E-state index < -0.39 is 11.7 Å². The summed E-state index contributed by atoms with van der Waals surface area (Å²) in [6.45, 7) is 2.22. The summed E-state index contributed by atoms with van der Waals surface area (Å²) in [7, 11) is 1.51. The van der Waals surface area contributed by atoms with Crippen LogP contribution in [0.4, 0.5) is 24.5 Å². The van der Waals surface area contributed by atoms with Crippen molar-refractivity contribution in [3.05, 3.63) is 23.8 Å². The zero-order valence-corrected chi connectivity index (χ0v) is 10.3. The van der Waals surface area contributed by atoms with Gasteiger partial charge in [0, 0.05) is 24.5 Å². The Morgan fingerprint density at radius 3 is 2.56 bits per heavy atom. The lowest BCUT2D eigenvalue weighted by atomic mass is 10.1. The van der Waals surface area contributed by atoms with Crippen LogP contribution in [0.15, 0.2) is 18.2 Å². The van der Waals surface area contributed by atoms with E-state index in [0.717, 1.165) is 6.07 Å². The lowest BCUT2D eigenvalue weighted by Crippen LogP contribution is -2.25. The first-order chi connectivity index (χ1) is 8.38. The number of nitrogens with one attached hydrogen (secondary N) is 1. The molecule has 1 unspecified atom stereocenters. The van der Waals surface area contributed by atoms with Crippen LogP contribution < -0.4 is 11.1 Å². The van der Waals surface area contributed by atoms with Crippen molar-refractivity contribution >= 4 is 11.4 Å². The van der Waals surface area contributed by atoms with Gasteiger partial charge < -0.3 is 15.8 Å². The van der Waals surface area contributed by atoms with Gasteiger partial charge in [0.25, 0.3) is 0 Å². The molecule has 3 nitrogen and oxygen atoms in total. The molecule has 6 heteroatoms. The Morgan fingerprint density at radius 1 is 1.39 bits per heavy atom. The second kappa shape index (κ2) is 5.95. The fourth-order valence-electron chi connectivity index (χ4n) is 1.60. The van der Waals surface area contributed by atoms with E-state index in [1.54, 1.807) is 0 Å². The third-order valence-corrected chi connectivity index (χ3v) is 2.57. The van der Waals surface area contributed by atoms with Gasteiger partial charge in [-0.05, 0) is 24.6 Å². The maximum Gasteiger partial charge on any atom is 0.418 e. The molecule has 0 spiro atoms. The highest BCUT2D eigenvalue weighted by Crippen LogP contribution is 2.36. The minimum Gasteiger partial charge on any atom is -0.399 e. The van der Waals surface area contributed by atoms with Crippen molar-refractivity contribution in [3.63, 3.8) is 0 Å². The number of anilines is 2. The van der Waals surface area contributed by atoms with E-state index in [0.29, 0.717) is 13.0 Å². The highest BCUT2D eigenvalue weighted by Gasteiger charge is 2.34. The number of rotatable bonds is 5. The molecule has 1 aromatic carbocycles. The van der Waals surface area contributed by atoms with Crippen molar-refractivity contribution in [2.75, 3.05) is 24.8 Å². The van der Waals surface area contributed by atoms with Gasteiger partial charge in [0.05, 0.1) is 12.2 Å². The molecule has 102 valence electrons. The molecule has 0 saturated carbocycles. The summed E-state index contributed by atoms with van der Waals surface area (Å²) in [6.07, 6.45) is -3.77. The Kier molecular flexibility index (Phi) is 4.84. The van der Waals surface area contributed by atoms with Crippen molar-refractivity contribution < 1.29 is 17.9 Å². The fraction of sp³-hybridized carbons (Fsp3) is 0.500. The molecule has 0 amide bonds. The quantitative estimate of drug-likeness (QED) is 0.801. The van der Waals surface area contributed by atoms with E-state index in [-0.39, 0.29) is 17.4 Å². The molecule has 0 heterocycles. The summed E-state index contributed by atoms with van der Waals surface area (Å²) >= 11 is 0. The average molecular weight is 262 g/mol. The van der Waals surface area contributed by atoms with Gasteiger partial charge in [-0.3, -0.25) is 0 Å². The Hall–Kier alpha value is -1.43. The molecule has 1 aromatic rings. The van der Waals surface area contributed by atoms with Crippen LogP contribution in [0.5, 0.6) is 0 Å². The number of nitrogen functional groups attached to an aromatic ring is 1. The zero-order chi connectivity index (χ0) is 13.8. The minimum absolute atomic E-state index is 0.0283. The lowest BCUT2D eigenvalue weighted by Gasteiger charge is -2.21. The van der Waals surface area contributed by atoms with Gasteiger partial charge in [0.2, 0.25) is 0 Å². The molecule has 1 rings (SSSR count). The van der Waals surface area contributed by atoms with Gasteiger partial charge in [-0.1, -0.05) is 6.92 Å². The van der Waals surface area contributed by atoms with E-state index in [1.807, 2.05) is 6.92 Å². The van der Waals surface area contributed by atoms with Crippen molar-refractivity contribution in [2.24, 2.45) is 0 Å². The molecular formula is C12H17F3N2O. The molecular weight excluding hydrogens is 245 g/mol. The molecule has 0 radical (unpaired) electrons. The van der Waals surface area contributed by atoms with Crippen LogP contribution in [0.3, 0.4) is 0 Å². The van der Waals surface area contributed by atoms with Gasteiger partial charge in [-0.2, -0.15) is 13.2 Å². The van der Waals surface area contributed by atoms with Gasteiger partial charge in [0.1, 0.15) is 0 Å². The first kappa shape index (κ1) is 14.6. The van der Waals surface area contributed by atoms with E-state index >= 15 is 0 Å². The predicted molar refractivity (Wildman–Crippen MR) is 65.4 cm³/mol. The Bertz CT molecular complexity index is 393. The minimum atomic E-state index is -4.43. The van der Waals surface area contributed by atoms with Crippen LogP contribution in [0.25, 0.3) is 0 Å². The topological polar surface area (TPSA) is 47.3 Å². The summed E-state index contributed by atoms with van der Waals surface area (Å²) in [5.41, 5.74) is 4.76. The maximum atomic E-state index is 12.8. The number of halogens is 3. The number of benzene rings is 1. The molecule has 0 aliphatic rings. The van der Waals surface area contributed by atoms with Crippen LogP contribution >= 0.6 is 0 Å². The number of alkyl halides is 3. The summed E-state index contributed by atoms with van der Waals surface area (Å²) in [6, 6.07) is 3.55. The molecule has 0 bridgehead atoms. The fourth-order valence-corrected chi connectivity index (χ4v) is 1.60. The summed E-state index contributed by atoms with van der Waals surface area (Å²) in [5.74, 6) is 0.